The van der Waals surface area contributed by atoms with Crippen LogP contribution < -0.4 is 14.4 Å². The van der Waals surface area contributed by atoms with E-state index >= 15 is 0 Å². The number of nitrogens with zero attached hydrogens (tertiary/aromatic N) is 2. The first-order valence-electron chi connectivity index (χ1n) is 11.2. The van der Waals surface area contributed by atoms with Crippen molar-refractivity contribution in [1.29, 1.82) is 0 Å². The molecule has 2 atom stereocenters. The Hall–Kier alpha value is -2.78. The van der Waals surface area contributed by atoms with Crippen molar-refractivity contribution in [3.63, 3.8) is 0 Å². The lowest BCUT2D eigenvalue weighted by Crippen LogP contribution is -2.24. The molecule has 2 aromatic carbocycles. The minimum Gasteiger partial charge on any atom is -0.492 e. The van der Waals surface area contributed by atoms with Crippen molar-refractivity contribution in [3.05, 3.63) is 47.5 Å². The fraction of sp³-hybridized carbons (Fsp3) is 0.458. The second kappa shape index (κ2) is 9.23. The Labute approximate surface area is 195 Å². The van der Waals surface area contributed by atoms with E-state index in [1.807, 2.05) is 26.0 Å². The number of rotatable bonds is 10. The van der Waals surface area contributed by atoms with Gasteiger partial charge in [-0.15, -0.1) is 0 Å². The summed E-state index contributed by atoms with van der Waals surface area (Å²) in [5, 5.41) is 9.86. The average Bonchev–Trinajstić information content (AvgIpc) is 3.56. The van der Waals surface area contributed by atoms with Gasteiger partial charge in [0.2, 0.25) is 0 Å². The van der Waals surface area contributed by atoms with E-state index in [1.165, 1.54) is 12.1 Å². The van der Waals surface area contributed by atoms with Crippen molar-refractivity contribution in [2.75, 3.05) is 50.5 Å². The van der Waals surface area contributed by atoms with Crippen molar-refractivity contribution < 1.29 is 23.1 Å². The van der Waals surface area contributed by atoms with Crippen LogP contribution in [0.5, 0.6) is 5.75 Å². The van der Waals surface area contributed by atoms with Crippen LogP contribution in [0.2, 0.25) is 0 Å². The number of sulfonamides is 1. The number of hydrogen-bond donors (Lipinski definition) is 2. The molecule has 0 amide bonds. The standard InChI is InChI=1S/C24H31N3O5S/c1-26(2)12-6-7-13-27(3)20-8-4-5-9-21(20)33(30,31)25-19-11-10-17-18-14-16(18)15-32-23(17)22(19)24(28)29/h4-5,8-11,16,18,25H,6-7,12-15H2,1-3H3,(H,28,29)/t16-,18-/m1/s1. The van der Waals surface area contributed by atoms with Gasteiger partial charge in [-0.3, -0.25) is 4.72 Å². The van der Waals surface area contributed by atoms with Crippen molar-refractivity contribution in [1.82, 2.24) is 4.90 Å². The molecule has 0 spiro atoms. The van der Waals surface area contributed by atoms with Crippen molar-refractivity contribution in [2.24, 2.45) is 5.92 Å². The summed E-state index contributed by atoms with van der Waals surface area (Å²) in [6.45, 7) is 2.14. The number of ether oxygens (including phenoxy) is 1. The Morgan fingerprint density at radius 3 is 2.58 bits per heavy atom. The summed E-state index contributed by atoms with van der Waals surface area (Å²) < 4.78 is 35.0. The van der Waals surface area contributed by atoms with Gasteiger partial charge in [0.1, 0.15) is 16.2 Å². The smallest absolute Gasteiger partial charge is 0.341 e. The number of nitrogens with one attached hydrogen (secondary N) is 1. The zero-order valence-electron chi connectivity index (χ0n) is 19.2. The third kappa shape index (κ3) is 4.94. The van der Waals surface area contributed by atoms with Gasteiger partial charge in [0.15, 0.2) is 0 Å². The van der Waals surface area contributed by atoms with Crippen LogP contribution in [0, 0.1) is 5.92 Å². The first-order chi connectivity index (χ1) is 15.7. The number of carboxylic acid groups (broad SMARTS) is 1. The first-order valence-corrected chi connectivity index (χ1v) is 12.7. The maximum absolute atomic E-state index is 13.4. The van der Waals surface area contributed by atoms with Crippen LogP contribution >= 0.6 is 0 Å². The van der Waals surface area contributed by atoms with Gasteiger partial charge >= 0.3 is 5.97 Å². The summed E-state index contributed by atoms with van der Waals surface area (Å²) in [7, 11) is 1.88. The summed E-state index contributed by atoms with van der Waals surface area (Å²) in [5.74, 6) is -0.191. The largest absolute Gasteiger partial charge is 0.492 e. The normalized spacial score (nSPS) is 18.8. The molecule has 1 saturated carbocycles. The highest BCUT2D eigenvalue weighted by atomic mass is 32.2. The van der Waals surface area contributed by atoms with Crippen LogP contribution in [0.1, 0.15) is 41.1 Å². The quantitative estimate of drug-likeness (QED) is 0.510. The lowest BCUT2D eigenvalue weighted by molar-refractivity contribution is 0.0692. The number of fused-ring (bicyclic) bond motifs is 3. The molecule has 2 aromatic rings. The van der Waals surface area contributed by atoms with Crippen LogP contribution in [-0.2, 0) is 10.0 Å². The third-order valence-electron chi connectivity index (χ3n) is 6.33. The highest BCUT2D eigenvalue weighted by molar-refractivity contribution is 7.92. The zero-order valence-corrected chi connectivity index (χ0v) is 20.1. The van der Waals surface area contributed by atoms with E-state index in [1.54, 1.807) is 24.3 Å². The number of para-hydroxylation sites is 1. The Morgan fingerprint density at radius 1 is 1.12 bits per heavy atom. The molecule has 2 N–H and O–H groups in total. The molecule has 8 nitrogen and oxygen atoms in total. The third-order valence-corrected chi connectivity index (χ3v) is 7.74. The maximum Gasteiger partial charge on any atom is 0.341 e. The second-order valence-corrected chi connectivity index (χ2v) is 10.8. The highest BCUT2D eigenvalue weighted by Crippen LogP contribution is 2.55. The Kier molecular flexibility index (Phi) is 6.54. The summed E-state index contributed by atoms with van der Waals surface area (Å²) in [6, 6.07) is 10.1. The molecule has 0 bridgehead atoms. The molecule has 1 heterocycles. The van der Waals surface area contributed by atoms with Gasteiger partial charge in [0, 0.05) is 19.5 Å². The number of aromatic carboxylic acids is 1. The van der Waals surface area contributed by atoms with Crippen LogP contribution in [0.3, 0.4) is 0 Å². The molecule has 1 fully saturated rings. The molecular weight excluding hydrogens is 442 g/mol. The molecule has 0 aromatic heterocycles. The fourth-order valence-electron chi connectivity index (χ4n) is 4.44. The zero-order chi connectivity index (χ0) is 23.8. The molecule has 0 saturated heterocycles. The predicted molar refractivity (Wildman–Crippen MR) is 128 cm³/mol. The number of hydrogen-bond acceptors (Lipinski definition) is 6. The molecule has 1 aliphatic heterocycles. The summed E-state index contributed by atoms with van der Waals surface area (Å²) in [5.41, 5.74) is 1.31. The van der Waals surface area contributed by atoms with Gasteiger partial charge in [0.25, 0.3) is 10.0 Å². The molecule has 0 radical (unpaired) electrons. The molecule has 1 aliphatic carbocycles. The first kappa shape index (κ1) is 23.4. The van der Waals surface area contributed by atoms with E-state index in [2.05, 4.69) is 9.62 Å². The van der Waals surface area contributed by atoms with E-state index in [9.17, 15) is 18.3 Å². The maximum atomic E-state index is 13.4. The van der Waals surface area contributed by atoms with Crippen molar-refractivity contribution in [2.45, 2.75) is 30.1 Å². The second-order valence-electron chi connectivity index (χ2n) is 9.13. The lowest BCUT2D eigenvalue weighted by atomic mass is 10.0. The Bertz CT molecular complexity index is 1150. The Balaban J connectivity index is 1.60. The molecule has 9 heteroatoms. The fourth-order valence-corrected chi connectivity index (χ4v) is 5.77. The molecule has 33 heavy (non-hydrogen) atoms. The SMILES string of the molecule is CN(C)CCCCN(C)c1ccccc1S(=O)(=O)Nc1ccc2c(c1C(=O)O)OC[C@H]1C[C@@H]21. The lowest BCUT2D eigenvalue weighted by Gasteiger charge is -2.24. The van der Waals surface area contributed by atoms with Crippen LogP contribution in [0.4, 0.5) is 11.4 Å². The molecular formula is C24H31N3O5S. The predicted octanol–water partition coefficient (Wildman–Crippen LogP) is 3.46. The van der Waals surface area contributed by atoms with E-state index in [0.29, 0.717) is 30.7 Å². The van der Waals surface area contributed by atoms with Crippen LogP contribution in [0.25, 0.3) is 0 Å². The van der Waals surface area contributed by atoms with E-state index in [-0.39, 0.29) is 21.9 Å². The topological polar surface area (TPSA) is 99.2 Å². The van der Waals surface area contributed by atoms with Gasteiger partial charge in [-0.05, 0) is 69.6 Å². The number of benzene rings is 2. The van der Waals surface area contributed by atoms with E-state index in [0.717, 1.165) is 31.4 Å². The number of anilines is 2. The number of unbranched alkanes of at least 4 members (excludes halogenated alkanes) is 1. The number of carbonyl (C=O) groups is 1. The molecule has 0 unspecified atom stereocenters. The summed E-state index contributed by atoms with van der Waals surface area (Å²) >= 11 is 0. The summed E-state index contributed by atoms with van der Waals surface area (Å²) in [6.07, 6.45) is 2.90. The van der Waals surface area contributed by atoms with Gasteiger partial charge in [0.05, 0.1) is 18.0 Å². The number of carboxylic acids is 1. The molecule has 4 rings (SSSR count). The van der Waals surface area contributed by atoms with Crippen LogP contribution in [0.15, 0.2) is 41.3 Å². The minimum absolute atomic E-state index is 0.0174. The highest BCUT2D eigenvalue weighted by Gasteiger charge is 2.45. The molecule has 178 valence electrons. The van der Waals surface area contributed by atoms with Crippen molar-refractivity contribution in [3.8, 4) is 5.75 Å². The van der Waals surface area contributed by atoms with Crippen LogP contribution in [-0.4, -0.2) is 65.2 Å². The van der Waals surface area contributed by atoms with Gasteiger partial charge in [-0.1, -0.05) is 18.2 Å². The minimum atomic E-state index is -4.04. The van der Waals surface area contributed by atoms with Gasteiger partial charge in [-0.25, -0.2) is 13.2 Å². The summed E-state index contributed by atoms with van der Waals surface area (Å²) in [4.78, 5) is 16.2. The average molecular weight is 474 g/mol. The van der Waals surface area contributed by atoms with Gasteiger partial charge < -0.3 is 19.6 Å². The van der Waals surface area contributed by atoms with Crippen molar-refractivity contribution >= 4 is 27.4 Å². The monoisotopic (exact) mass is 473 g/mol. The Morgan fingerprint density at radius 2 is 1.85 bits per heavy atom. The van der Waals surface area contributed by atoms with E-state index in [4.69, 9.17) is 4.74 Å². The molecule has 2 aliphatic rings. The van der Waals surface area contributed by atoms with Gasteiger partial charge in [-0.2, -0.15) is 0 Å². The van der Waals surface area contributed by atoms with E-state index < -0.39 is 16.0 Å².